The minimum Gasteiger partial charge on any atom is -0.490 e. The molecule has 6 heteroatoms. The zero-order chi connectivity index (χ0) is 15.4. The largest absolute Gasteiger partial charge is 0.490 e. The Kier molecular flexibility index (Phi) is 6.56. The standard InChI is InChI=1S/C15H15Br2ClO2S/c1-9-8-21-15(14(9)18)13(17)10-3-4-12(11(16)7-10)20-6-5-19-2/h3-4,7-8,13H,5-6H2,1-2H3. The van der Waals surface area contributed by atoms with Gasteiger partial charge in [-0.05, 0) is 51.5 Å². The van der Waals surface area contributed by atoms with Gasteiger partial charge in [0, 0.05) is 12.0 Å². The van der Waals surface area contributed by atoms with Crippen molar-refractivity contribution < 1.29 is 9.47 Å². The summed E-state index contributed by atoms with van der Waals surface area (Å²) in [4.78, 5) is 1.20. The van der Waals surface area contributed by atoms with Crippen molar-refractivity contribution >= 4 is 54.8 Å². The van der Waals surface area contributed by atoms with Crippen molar-refractivity contribution in [3.8, 4) is 5.75 Å². The monoisotopic (exact) mass is 452 g/mol. The fourth-order valence-electron chi connectivity index (χ4n) is 1.80. The molecule has 0 fully saturated rings. The van der Waals surface area contributed by atoms with E-state index in [1.54, 1.807) is 18.4 Å². The highest BCUT2D eigenvalue weighted by molar-refractivity contribution is 9.10. The van der Waals surface area contributed by atoms with E-state index in [0.29, 0.717) is 13.2 Å². The van der Waals surface area contributed by atoms with Crippen molar-refractivity contribution in [3.63, 3.8) is 0 Å². The molecular weight excluding hydrogens is 439 g/mol. The smallest absolute Gasteiger partial charge is 0.133 e. The summed E-state index contributed by atoms with van der Waals surface area (Å²) in [5, 5.41) is 2.90. The van der Waals surface area contributed by atoms with Gasteiger partial charge in [0.1, 0.15) is 12.4 Å². The summed E-state index contributed by atoms with van der Waals surface area (Å²) < 4.78 is 11.5. The van der Waals surface area contributed by atoms with E-state index in [0.717, 1.165) is 31.2 Å². The van der Waals surface area contributed by atoms with E-state index in [9.17, 15) is 0 Å². The summed E-state index contributed by atoms with van der Waals surface area (Å²) in [6.07, 6.45) is 0. The molecule has 0 spiro atoms. The molecule has 0 bridgehead atoms. The van der Waals surface area contributed by atoms with Crippen LogP contribution in [-0.4, -0.2) is 20.3 Å². The van der Waals surface area contributed by atoms with Gasteiger partial charge in [-0.15, -0.1) is 11.3 Å². The lowest BCUT2D eigenvalue weighted by Gasteiger charge is -2.13. The normalized spacial score (nSPS) is 12.4. The molecule has 0 aliphatic heterocycles. The van der Waals surface area contributed by atoms with E-state index >= 15 is 0 Å². The Labute approximate surface area is 150 Å². The number of rotatable bonds is 6. The van der Waals surface area contributed by atoms with Crippen LogP contribution in [0.3, 0.4) is 0 Å². The summed E-state index contributed by atoms with van der Waals surface area (Å²) >= 11 is 15.3. The number of hydrogen-bond acceptors (Lipinski definition) is 3. The lowest BCUT2D eigenvalue weighted by Crippen LogP contribution is -2.04. The number of alkyl halides is 1. The van der Waals surface area contributed by atoms with Crippen molar-refractivity contribution in [2.45, 2.75) is 11.8 Å². The van der Waals surface area contributed by atoms with E-state index in [1.165, 1.54) is 0 Å². The molecule has 114 valence electrons. The minimum atomic E-state index is 0.0769. The molecule has 1 atom stereocenters. The summed E-state index contributed by atoms with van der Waals surface area (Å²) in [6.45, 7) is 3.12. The van der Waals surface area contributed by atoms with Crippen molar-refractivity contribution in [1.29, 1.82) is 0 Å². The van der Waals surface area contributed by atoms with Crippen molar-refractivity contribution in [2.24, 2.45) is 0 Å². The highest BCUT2D eigenvalue weighted by atomic mass is 79.9. The molecule has 21 heavy (non-hydrogen) atoms. The first-order valence-corrected chi connectivity index (χ1v) is 9.30. The van der Waals surface area contributed by atoms with Gasteiger partial charge in [0.2, 0.25) is 0 Å². The fraction of sp³-hybridized carbons (Fsp3) is 0.333. The molecule has 0 radical (unpaired) electrons. The van der Waals surface area contributed by atoms with E-state index in [4.69, 9.17) is 21.1 Å². The van der Waals surface area contributed by atoms with Gasteiger partial charge in [0.05, 0.1) is 20.9 Å². The second-order valence-electron chi connectivity index (χ2n) is 4.49. The predicted octanol–water partition coefficient (Wildman–Crippen LogP) is 5.98. The molecule has 0 saturated heterocycles. The first-order chi connectivity index (χ1) is 10.0. The first kappa shape index (κ1) is 17.3. The summed E-state index contributed by atoms with van der Waals surface area (Å²) in [6, 6.07) is 6.04. The van der Waals surface area contributed by atoms with Crippen LogP contribution in [0.1, 0.15) is 20.8 Å². The highest BCUT2D eigenvalue weighted by Gasteiger charge is 2.18. The van der Waals surface area contributed by atoms with Crippen molar-refractivity contribution in [2.75, 3.05) is 20.3 Å². The number of methoxy groups -OCH3 is 1. The zero-order valence-corrected chi connectivity index (χ0v) is 16.4. The molecule has 2 rings (SSSR count). The number of thiophene rings is 1. The Morgan fingerprint density at radius 2 is 2.10 bits per heavy atom. The molecule has 1 aromatic carbocycles. The summed E-state index contributed by atoms with van der Waals surface area (Å²) in [5.41, 5.74) is 2.24. The lowest BCUT2D eigenvalue weighted by molar-refractivity contribution is 0.146. The second-order valence-corrected chi connectivity index (χ2v) is 7.55. The van der Waals surface area contributed by atoms with Gasteiger partial charge in [-0.25, -0.2) is 0 Å². The van der Waals surface area contributed by atoms with Gasteiger partial charge in [0.15, 0.2) is 0 Å². The van der Waals surface area contributed by atoms with Crippen LogP contribution in [0.15, 0.2) is 28.1 Å². The average Bonchev–Trinajstić information content (AvgIpc) is 2.80. The number of hydrogen-bond donors (Lipinski definition) is 0. The molecule has 0 aliphatic carbocycles. The van der Waals surface area contributed by atoms with Crippen LogP contribution in [0.5, 0.6) is 5.75 Å². The summed E-state index contributed by atoms with van der Waals surface area (Å²) in [7, 11) is 1.66. The average molecular weight is 455 g/mol. The molecule has 1 heterocycles. The highest BCUT2D eigenvalue weighted by Crippen LogP contribution is 2.42. The SMILES string of the molecule is COCCOc1ccc(C(Br)c2scc(C)c2Cl)cc1Br. The Balaban J connectivity index is 2.17. The van der Waals surface area contributed by atoms with Crippen LogP contribution in [-0.2, 0) is 4.74 Å². The van der Waals surface area contributed by atoms with Gasteiger partial charge in [-0.2, -0.15) is 0 Å². The molecular formula is C15H15Br2ClO2S. The number of ether oxygens (including phenoxy) is 2. The first-order valence-electron chi connectivity index (χ1n) is 6.33. The molecule has 2 nitrogen and oxygen atoms in total. The lowest BCUT2D eigenvalue weighted by atomic mass is 10.1. The maximum absolute atomic E-state index is 6.34. The number of aryl methyl sites for hydroxylation is 1. The molecule has 0 aliphatic rings. The molecule has 0 N–H and O–H groups in total. The van der Waals surface area contributed by atoms with Crippen LogP contribution in [0, 0.1) is 6.92 Å². The maximum atomic E-state index is 6.34. The van der Waals surface area contributed by atoms with Gasteiger partial charge in [0.25, 0.3) is 0 Å². The predicted molar refractivity (Wildman–Crippen MR) is 96.3 cm³/mol. The molecule has 1 unspecified atom stereocenters. The van der Waals surface area contributed by atoms with Crippen LogP contribution >= 0.6 is 54.8 Å². The molecule has 2 aromatic rings. The quantitative estimate of drug-likeness (QED) is 0.395. The Morgan fingerprint density at radius 1 is 1.33 bits per heavy atom. The Bertz CT molecular complexity index is 616. The van der Waals surface area contributed by atoms with Gasteiger partial charge in [-0.3, -0.25) is 0 Å². The minimum absolute atomic E-state index is 0.0769. The fourth-order valence-corrected chi connectivity index (χ4v) is 4.58. The second kappa shape index (κ2) is 7.97. The van der Waals surface area contributed by atoms with E-state index < -0.39 is 0 Å². The maximum Gasteiger partial charge on any atom is 0.133 e. The molecule has 0 saturated carbocycles. The van der Waals surface area contributed by atoms with E-state index in [2.05, 4.69) is 37.2 Å². The van der Waals surface area contributed by atoms with Gasteiger partial charge in [-0.1, -0.05) is 33.6 Å². The van der Waals surface area contributed by atoms with Crippen molar-refractivity contribution in [3.05, 3.63) is 49.1 Å². The third-order valence-corrected chi connectivity index (χ3v) is 6.64. The van der Waals surface area contributed by atoms with E-state index in [1.807, 2.05) is 25.1 Å². The number of benzene rings is 1. The van der Waals surface area contributed by atoms with Crippen LogP contribution < -0.4 is 4.74 Å². The van der Waals surface area contributed by atoms with Gasteiger partial charge < -0.3 is 9.47 Å². The van der Waals surface area contributed by atoms with Crippen molar-refractivity contribution in [1.82, 2.24) is 0 Å². The third-order valence-electron chi connectivity index (χ3n) is 2.95. The summed E-state index contributed by atoms with van der Waals surface area (Å²) in [5.74, 6) is 0.809. The number of halogens is 3. The molecule has 0 amide bonds. The molecule has 1 aromatic heterocycles. The Hall–Kier alpha value is -0.0700. The van der Waals surface area contributed by atoms with E-state index in [-0.39, 0.29) is 4.83 Å². The third kappa shape index (κ3) is 4.23. The topological polar surface area (TPSA) is 18.5 Å². The Morgan fingerprint density at radius 3 is 2.67 bits per heavy atom. The van der Waals surface area contributed by atoms with Gasteiger partial charge >= 0.3 is 0 Å². The van der Waals surface area contributed by atoms with Crippen LogP contribution in [0.25, 0.3) is 0 Å². The van der Waals surface area contributed by atoms with Crippen LogP contribution in [0.2, 0.25) is 5.02 Å². The zero-order valence-electron chi connectivity index (χ0n) is 11.7. The van der Waals surface area contributed by atoms with Crippen LogP contribution in [0.4, 0.5) is 0 Å².